The van der Waals surface area contributed by atoms with Gasteiger partial charge in [0, 0.05) is 18.3 Å². The summed E-state index contributed by atoms with van der Waals surface area (Å²) in [6.45, 7) is 5.43. The van der Waals surface area contributed by atoms with Crippen LogP contribution in [0.25, 0.3) is 0 Å². The summed E-state index contributed by atoms with van der Waals surface area (Å²) in [7, 11) is 0. The van der Waals surface area contributed by atoms with Crippen LogP contribution in [-0.2, 0) is 0 Å². The highest BCUT2D eigenvalue weighted by atomic mass is 127. The maximum absolute atomic E-state index is 10.1. The summed E-state index contributed by atoms with van der Waals surface area (Å²) in [5.41, 5.74) is 1.14. The minimum absolute atomic E-state index is 0. The Kier molecular flexibility index (Phi) is 11.3. The fourth-order valence-corrected chi connectivity index (χ4v) is 3.59. The molecule has 1 saturated heterocycles. The number of aliphatic imine (C=N–C) groups is 1. The Morgan fingerprint density at radius 2 is 2.32 bits per heavy atom. The zero-order chi connectivity index (χ0) is 17.2. The molecule has 0 bridgehead atoms. The van der Waals surface area contributed by atoms with E-state index in [2.05, 4.69) is 15.6 Å². The molecule has 0 saturated carbocycles. The fourth-order valence-electron chi connectivity index (χ4n) is 2.51. The Bertz CT molecular complexity index is 525. The van der Waals surface area contributed by atoms with Crippen LogP contribution in [-0.4, -0.2) is 54.4 Å². The Labute approximate surface area is 172 Å². The van der Waals surface area contributed by atoms with Crippen LogP contribution >= 0.6 is 35.7 Å². The van der Waals surface area contributed by atoms with Crippen LogP contribution in [0.4, 0.5) is 0 Å². The van der Waals surface area contributed by atoms with Crippen molar-refractivity contribution in [1.82, 2.24) is 10.6 Å². The summed E-state index contributed by atoms with van der Waals surface area (Å²) in [6, 6.07) is 8.29. The molecule has 1 aromatic rings. The van der Waals surface area contributed by atoms with Crippen LogP contribution in [0.5, 0.6) is 5.75 Å². The molecule has 2 rings (SSSR count). The van der Waals surface area contributed by atoms with E-state index in [0.717, 1.165) is 29.6 Å². The molecule has 7 heteroatoms. The molecular formula is C18H30IN3O2S. The van der Waals surface area contributed by atoms with Crippen LogP contribution in [0.3, 0.4) is 0 Å². The van der Waals surface area contributed by atoms with Crippen LogP contribution in [0.1, 0.15) is 25.3 Å². The van der Waals surface area contributed by atoms with Gasteiger partial charge in [-0.25, -0.2) is 0 Å². The number of benzene rings is 1. The van der Waals surface area contributed by atoms with Crippen molar-refractivity contribution in [1.29, 1.82) is 0 Å². The average molecular weight is 479 g/mol. The summed E-state index contributed by atoms with van der Waals surface area (Å²) in [6.07, 6.45) is 1.80. The highest BCUT2D eigenvalue weighted by molar-refractivity contribution is 14.0. The number of hydrogen-bond acceptors (Lipinski definition) is 4. The van der Waals surface area contributed by atoms with Crippen molar-refractivity contribution in [3.63, 3.8) is 0 Å². The molecule has 5 nitrogen and oxygen atoms in total. The van der Waals surface area contributed by atoms with Gasteiger partial charge in [-0.1, -0.05) is 12.1 Å². The maximum atomic E-state index is 10.1. The van der Waals surface area contributed by atoms with Gasteiger partial charge in [0.15, 0.2) is 5.96 Å². The molecule has 0 amide bonds. The first-order chi connectivity index (χ1) is 11.7. The minimum Gasteiger partial charge on any atom is -0.491 e. The lowest BCUT2D eigenvalue weighted by Gasteiger charge is -2.24. The lowest BCUT2D eigenvalue weighted by Crippen LogP contribution is -2.46. The summed E-state index contributed by atoms with van der Waals surface area (Å²) in [4.78, 5) is 4.49. The van der Waals surface area contributed by atoms with Crippen LogP contribution in [0.15, 0.2) is 29.3 Å². The third-order valence-corrected chi connectivity index (χ3v) is 4.95. The van der Waals surface area contributed by atoms with Crippen molar-refractivity contribution in [3.8, 4) is 5.75 Å². The molecule has 1 aliphatic rings. The standard InChI is InChI=1S/C18H29N3O2S.HI/c1-3-19-18(21-15-7-5-9-24-13-15)20-11-16(22)12-23-17-8-4-6-14(2)10-17;/h4,6,8,10,15-16,22H,3,5,7,9,11-13H2,1-2H3,(H2,19,20,21);1H. The van der Waals surface area contributed by atoms with E-state index in [1.807, 2.05) is 49.9 Å². The highest BCUT2D eigenvalue weighted by Crippen LogP contribution is 2.16. The largest absolute Gasteiger partial charge is 0.491 e. The molecular weight excluding hydrogens is 449 g/mol. The van der Waals surface area contributed by atoms with Crippen LogP contribution in [0, 0.1) is 6.92 Å². The summed E-state index contributed by atoms with van der Waals surface area (Å²) in [5, 5.41) is 16.8. The number of rotatable bonds is 7. The van der Waals surface area contributed by atoms with E-state index < -0.39 is 6.10 Å². The number of guanidine groups is 1. The third-order valence-electron chi connectivity index (χ3n) is 3.74. The second kappa shape index (κ2) is 12.6. The molecule has 142 valence electrons. The Morgan fingerprint density at radius 1 is 1.48 bits per heavy atom. The van der Waals surface area contributed by atoms with Gasteiger partial charge in [0.05, 0.1) is 6.54 Å². The number of nitrogens with one attached hydrogen (secondary N) is 2. The number of nitrogens with zero attached hydrogens (tertiary/aromatic N) is 1. The molecule has 1 aliphatic heterocycles. The van der Waals surface area contributed by atoms with Crippen molar-refractivity contribution in [2.24, 2.45) is 4.99 Å². The number of aryl methyl sites for hydroxylation is 1. The van der Waals surface area contributed by atoms with Gasteiger partial charge in [-0.05, 0) is 50.1 Å². The first-order valence-corrected chi connectivity index (χ1v) is 9.83. The number of aliphatic hydroxyl groups is 1. The SMILES string of the molecule is CCNC(=NCC(O)COc1cccc(C)c1)NC1CCCSC1.I. The molecule has 2 atom stereocenters. The van der Waals surface area contributed by atoms with E-state index >= 15 is 0 Å². The zero-order valence-electron chi connectivity index (χ0n) is 15.0. The predicted octanol–water partition coefficient (Wildman–Crippen LogP) is 2.80. The summed E-state index contributed by atoms with van der Waals surface area (Å²) >= 11 is 1.98. The van der Waals surface area contributed by atoms with Crippen molar-refractivity contribution < 1.29 is 9.84 Å². The Balaban J connectivity index is 0.00000312. The topological polar surface area (TPSA) is 65.9 Å². The first-order valence-electron chi connectivity index (χ1n) is 8.67. The van der Waals surface area contributed by atoms with E-state index in [-0.39, 0.29) is 30.6 Å². The van der Waals surface area contributed by atoms with Crippen LogP contribution < -0.4 is 15.4 Å². The minimum atomic E-state index is -0.623. The third kappa shape index (κ3) is 9.01. The van der Waals surface area contributed by atoms with Gasteiger partial charge in [0.25, 0.3) is 0 Å². The smallest absolute Gasteiger partial charge is 0.191 e. The molecule has 1 fully saturated rings. The molecule has 1 aromatic carbocycles. The monoisotopic (exact) mass is 479 g/mol. The number of hydrogen-bond donors (Lipinski definition) is 3. The first kappa shape index (κ1) is 22.4. The quantitative estimate of drug-likeness (QED) is 0.319. The average Bonchev–Trinajstić information content (AvgIpc) is 2.59. The molecule has 25 heavy (non-hydrogen) atoms. The van der Waals surface area contributed by atoms with Gasteiger partial charge in [0.2, 0.25) is 0 Å². The molecule has 1 heterocycles. The van der Waals surface area contributed by atoms with Gasteiger partial charge < -0.3 is 20.5 Å². The van der Waals surface area contributed by atoms with Crippen molar-refractivity contribution >= 4 is 41.7 Å². The number of aliphatic hydroxyl groups excluding tert-OH is 1. The van der Waals surface area contributed by atoms with Crippen molar-refractivity contribution in [2.75, 3.05) is 31.2 Å². The van der Waals surface area contributed by atoms with Gasteiger partial charge in [0.1, 0.15) is 18.5 Å². The molecule has 0 aliphatic carbocycles. The Morgan fingerprint density at radius 3 is 3.00 bits per heavy atom. The summed E-state index contributed by atoms with van der Waals surface area (Å²) in [5.74, 6) is 3.92. The van der Waals surface area contributed by atoms with Gasteiger partial charge in [-0.15, -0.1) is 24.0 Å². The molecule has 3 N–H and O–H groups in total. The van der Waals surface area contributed by atoms with Gasteiger partial charge >= 0.3 is 0 Å². The second-order valence-corrected chi connectivity index (χ2v) is 7.21. The Hall–Kier alpha value is -0.670. The van der Waals surface area contributed by atoms with Gasteiger partial charge in [-0.3, -0.25) is 4.99 Å². The summed E-state index contributed by atoms with van der Waals surface area (Å²) < 4.78 is 5.63. The van der Waals surface area contributed by atoms with Crippen molar-refractivity contribution in [2.45, 2.75) is 38.8 Å². The van der Waals surface area contributed by atoms with Crippen LogP contribution in [0.2, 0.25) is 0 Å². The molecule has 0 spiro atoms. The van der Waals surface area contributed by atoms with E-state index in [1.54, 1.807) is 0 Å². The fraction of sp³-hybridized carbons (Fsp3) is 0.611. The molecule has 2 unspecified atom stereocenters. The predicted molar refractivity (Wildman–Crippen MR) is 118 cm³/mol. The van der Waals surface area contributed by atoms with E-state index in [0.29, 0.717) is 12.6 Å². The lowest BCUT2D eigenvalue weighted by atomic mass is 10.2. The lowest BCUT2D eigenvalue weighted by molar-refractivity contribution is 0.114. The number of thioether (sulfide) groups is 1. The van der Waals surface area contributed by atoms with E-state index in [9.17, 15) is 5.11 Å². The van der Waals surface area contributed by atoms with Crippen molar-refractivity contribution in [3.05, 3.63) is 29.8 Å². The molecule has 0 aromatic heterocycles. The zero-order valence-corrected chi connectivity index (χ0v) is 18.2. The maximum Gasteiger partial charge on any atom is 0.191 e. The van der Waals surface area contributed by atoms with E-state index in [1.165, 1.54) is 18.6 Å². The second-order valence-electron chi connectivity index (χ2n) is 6.06. The number of ether oxygens (including phenoxy) is 1. The van der Waals surface area contributed by atoms with E-state index in [4.69, 9.17) is 4.74 Å². The normalized spacial score (nSPS) is 18.8. The highest BCUT2D eigenvalue weighted by Gasteiger charge is 2.15. The van der Waals surface area contributed by atoms with Gasteiger partial charge in [-0.2, -0.15) is 11.8 Å². The molecule has 0 radical (unpaired) electrons. The number of halogens is 1.